The summed E-state index contributed by atoms with van der Waals surface area (Å²) in [5.41, 5.74) is 0.101. The molecule has 0 heterocycles. The Balaban J connectivity index is 2.28. The fraction of sp³-hybridized carbons (Fsp3) is 1.00. The van der Waals surface area contributed by atoms with Gasteiger partial charge in [-0.3, -0.25) is 0 Å². The Bertz CT molecular complexity index is 230. The average molecular weight is 210 g/mol. The van der Waals surface area contributed by atoms with Gasteiger partial charge in [0.1, 0.15) is 0 Å². The molecule has 0 saturated heterocycles. The molecular formula is C14H26O. The van der Waals surface area contributed by atoms with Gasteiger partial charge in [-0.2, -0.15) is 0 Å². The average Bonchev–Trinajstić information content (AvgIpc) is 1.97. The Morgan fingerprint density at radius 2 is 1.47 bits per heavy atom. The Morgan fingerprint density at radius 3 is 1.87 bits per heavy atom. The van der Waals surface area contributed by atoms with Crippen LogP contribution in [0.3, 0.4) is 0 Å². The Hall–Kier alpha value is -0.0400. The number of rotatable bonds is 1. The van der Waals surface area contributed by atoms with Gasteiger partial charge in [0.2, 0.25) is 0 Å². The van der Waals surface area contributed by atoms with Gasteiger partial charge in [0.15, 0.2) is 0 Å². The molecule has 0 aromatic rings. The smallest absolute Gasteiger partial charge is 0.0658 e. The van der Waals surface area contributed by atoms with Crippen molar-refractivity contribution in [3.05, 3.63) is 0 Å². The normalized spacial score (nSPS) is 50.8. The van der Waals surface area contributed by atoms with E-state index in [1.54, 1.807) is 0 Å². The van der Waals surface area contributed by atoms with Crippen LogP contribution in [0.4, 0.5) is 0 Å². The Kier molecular flexibility index (Phi) is 2.65. The van der Waals surface area contributed by atoms with E-state index >= 15 is 0 Å². The zero-order valence-corrected chi connectivity index (χ0v) is 10.7. The van der Waals surface area contributed by atoms with Crippen LogP contribution >= 0.6 is 0 Å². The largest absolute Gasteiger partial charge is 0.390 e. The quantitative estimate of drug-likeness (QED) is 0.701. The summed E-state index contributed by atoms with van der Waals surface area (Å²) in [7, 11) is 0. The molecule has 2 rings (SSSR count). The van der Waals surface area contributed by atoms with Crippen LogP contribution in [0.5, 0.6) is 0 Å². The van der Waals surface area contributed by atoms with Crippen LogP contribution in [-0.4, -0.2) is 10.7 Å². The molecule has 1 N–H and O–H groups in total. The molecule has 2 aliphatic rings. The lowest BCUT2D eigenvalue weighted by Gasteiger charge is -2.56. The van der Waals surface area contributed by atoms with Gasteiger partial charge in [0, 0.05) is 0 Å². The van der Waals surface area contributed by atoms with Crippen LogP contribution in [0.2, 0.25) is 0 Å². The molecule has 2 bridgehead atoms. The molecule has 0 radical (unpaired) electrons. The minimum Gasteiger partial charge on any atom is -0.390 e. The van der Waals surface area contributed by atoms with E-state index in [0.717, 1.165) is 25.2 Å². The lowest BCUT2D eigenvalue weighted by Crippen LogP contribution is -2.52. The monoisotopic (exact) mass is 210 g/mol. The molecule has 1 heteroatoms. The van der Waals surface area contributed by atoms with Crippen molar-refractivity contribution in [2.24, 2.45) is 23.2 Å². The highest BCUT2D eigenvalue weighted by Crippen LogP contribution is 2.57. The molecule has 0 spiro atoms. The predicted octanol–water partition coefficient (Wildman–Crippen LogP) is 3.61. The number of aliphatic hydroxyl groups is 1. The standard InChI is InChI=1S/C14H26O/c1-10(2)13-5-11(3)7-14(15,9-13)8-12(4)6-13/h10-12,15H,5-9H2,1-4H3. The third kappa shape index (κ3) is 1.95. The lowest BCUT2D eigenvalue weighted by atomic mass is 9.51. The van der Waals surface area contributed by atoms with E-state index in [1.807, 2.05) is 0 Å². The van der Waals surface area contributed by atoms with E-state index in [1.165, 1.54) is 12.8 Å². The first-order valence-electron chi connectivity index (χ1n) is 6.58. The number of hydrogen-bond donors (Lipinski definition) is 1. The van der Waals surface area contributed by atoms with Crippen molar-refractivity contribution in [1.29, 1.82) is 0 Å². The van der Waals surface area contributed by atoms with Crippen molar-refractivity contribution >= 4 is 0 Å². The molecule has 2 atom stereocenters. The van der Waals surface area contributed by atoms with Gasteiger partial charge in [-0.15, -0.1) is 0 Å². The highest BCUT2D eigenvalue weighted by atomic mass is 16.3. The van der Waals surface area contributed by atoms with E-state index in [2.05, 4.69) is 27.7 Å². The number of fused-ring (bicyclic) bond motifs is 2. The molecule has 15 heavy (non-hydrogen) atoms. The second kappa shape index (κ2) is 3.48. The molecule has 0 aliphatic heterocycles. The molecule has 2 fully saturated rings. The summed E-state index contributed by atoms with van der Waals surface area (Å²) in [6, 6.07) is 0. The molecule has 88 valence electrons. The number of hydrogen-bond acceptors (Lipinski definition) is 1. The maximum absolute atomic E-state index is 10.7. The molecule has 0 aromatic carbocycles. The summed E-state index contributed by atoms with van der Waals surface area (Å²) in [6.07, 6.45) is 5.79. The van der Waals surface area contributed by atoms with Gasteiger partial charge in [-0.1, -0.05) is 27.7 Å². The highest BCUT2D eigenvalue weighted by Gasteiger charge is 2.52. The van der Waals surface area contributed by atoms with Crippen LogP contribution in [0, 0.1) is 23.2 Å². The molecule has 2 saturated carbocycles. The first kappa shape index (κ1) is 11.4. The zero-order valence-electron chi connectivity index (χ0n) is 10.7. The molecule has 0 aromatic heterocycles. The van der Waals surface area contributed by atoms with E-state index in [9.17, 15) is 5.11 Å². The summed E-state index contributed by atoms with van der Waals surface area (Å²) < 4.78 is 0. The molecular weight excluding hydrogens is 184 g/mol. The van der Waals surface area contributed by atoms with E-state index in [4.69, 9.17) is 0 Å². The van der Waals surface area contributed by atoms with E-state index < -0.39 is 0 Å². The van der Waals surface area contributed by atoms with Crippen LogP contribution in [-0.2, 0) is 0 Å². The van der Waals surface area contributed by atoms with Crippen LogP contribution < -0.4 is 0 Å². The lowest BCUT2D eigenvalue weighted by molar-refractivity contribution is -0.135. The van der Waals surface area contributed by atoms with E-state index in [-0.39, 0.29) is 5.60 Å². The second-order valence-corrected chi connectivity index (χ2v) is 6.95. The van der Waals surface area contributed by atoms with Crippen molar-refractivity contribution in [2.75, 3.05) is 0 Å². The minimum absolute atomic E-state index is 0.334. The summed E-state index contributed by atoms with van der Waals surface area (Å²) in [5.74, 6) is 2.13. The van der Waals surface area contributed by atoms with Gasteiger partial charge in [-0.05, 0) is 55.3 Å². The van der Waals surface area contributed by atoms with Crippen molar-refractivity contribution in [3.8, 4) is 0 Å². The first-order chi connectivity index (χ1) is 6.85. The Labute approximate surface area is 94.3 Å². The third-order valence-corrected chi connectivity index (χ3v) is 4.87. The predicted molar refractivity (Wildman–Crippen MR) is 63.6 cm³/mol. The van der Waals surface area contributed by atoms with Crippen molar-refractivity contribution in [1.82, 2.24) is 0 Å². The summed E-state index contributed by atoms with van der Waals surface area (Å²) in [6.45, 7) is 9.32. The van der Waals surface area contributed by atoms with Crippen molar-refractivity contribution in [2.45, 2.75) is 65.4 Å². The summed E-state index contributed by atoms with van der Waals surface area (Å²) in [4.78, 5) is 0. The molecule has 1 nitrogen and oxygen atoms in total. The van der Waals surface area contributed by atoms with Gasteiger partial charge in [-0.25, -0.2) is 0 Å². The van der Waals surface area contributed by atoms with Crippen molar-refractivity contribution in [3.63, 3.8) is 0 Å². The van der Waals surface area contributed by atoms with Crippen LogP contribution in [0.15, 0.2) is 0 Å². The summed E-state index contributed by atoms with van der Waals surface area (Å²) >= 11 is 0. The topological polar surface area (TPSA) is 20.2 Å². The maximum Gasteiger partial charge on any atom is 0.0658 e. The molecule has 2 aliphatic carbocycles. The fourth-order valence-electron chi connectivity index (χ4n) is 4.62. The van der Waals surface area contributed by atoms with Crippen LogP contribution in [0.25, 0.3) is 0 Å². The second-order valence-electron chi connectivity index (χ2n) is 6.95. The maximum atomic E-state index is 10.7. The first-order valence-corrected chi connectivity index (χ1v) is 6.58. The zero-order chi connectivity index (χ0) is 11.3. The van der Waals surface area contributed by atoms with E-state index in [0.29, 0.717) is 17.3 Å². The SMILES string of the molecule is CC1CC2(O)CC(C)CC(C(C)C)(C1)C2. The van der Waals surface area contributed by atoms with Crippen molar-refractivity contribution < 1.29 is 5.11 Å². The molecule has 2 unspecified atom stereocenters. The Morgan fingerprint density at radius 1 is 1.00 bits per heavy atom. The molecule has 0 amide bonds. The van der Waals surface area contributed by atoms with Gasteiger partial charge >= 0.3 is 0 Å². The third-order valence-electron chi connectivity index (χ3n) is 4.87. The van der Waals surface area contributed by atoms with Gasteiger partial charge in [0.25, 0.3) is 0 Å². The highest BCUT2D eigenvalue weighted by molar-refractivity contribution is 5.03. The minimum atomic E-state index is -0.334. The fourth-order valence-corrected chi connectivity index (χ4v) is 4.62. The van der Waals surface area contributed by atoms with Crippen LogP contribution in [0.1, 0.15) is 59.8 Å². The van der Waals surface area contributed by atoms with Gasteiger partial charge < -0.3 is 5.11 Å². The summed E-state index contributed by atoms with van der Waals surface area (Å²) in [5, 5.41) is 10.7. The van der Waals surface area contributed by atoms with Gasteiger partial charge in [0.05, 0.1) is 5.60 Å².